The van der Waals surface area contributed by atoms with E-state index in [-0.39, 0.29) is 11.6 Å². The van der Waals surface area contributed by atoms with Gasteiger partial charge in [-0.25, -0.2) is 9.78 Å². The smallest absolute Gasteiger partial charge is 0.319 e. The number of hydrogen-bond donors (Lipinski definition) is 0. The Balaban J connectivity index is 1.95. The maximum atomic E-state index is 12.8. The van der Waals surface area contributed by atoms with Gasteiger partial charge in [-0.3, -0.25) is 9.36 Å². The van der Waals surface area contributed by atoms with E-state index in [0.29, 0.717) is 26.1 Å². The number of urea groups is 1. The first-order chi connectivity index (χ1) is 11.4. The molecule has 0 saturated heterocycles. The number of carbonyl (C=O) groups is 1. The van der Waals surface area contributed by atoms with Gasteiger partial charge < -0.3 is 14.7 Å². The molecule has 130 valence electrons. The van der Waals surface area contributed by atoms with Crippen molar-refractivity contribution in [2.75, 3.05) is 41.3 Å². The maximum absolute atomic E-state index is 12.8. The summed E-state index contributed by atoms with van der Waals surface area (Å²) in [4.78, 5) is 36.8. The topological polar surface area (TPSA) is 61.7 Å². The highest BCUT2D eigenvalue weighted by atomic mass is 32.1. The van der Waals surface area contributed by atoms with Crippen LogP contribution in [0.3, 0.4) is 0 Å². The molecular weight excluding hydrogens is 326 g/mol. The molecule has 0 aromatic carbocycles. The summed E-state index contributed by atoms with van der Waals surface area (Å²) in [6.07, 6.45) is 2.35. The summed E-state index contributed by atoms with van der Waals surface area (Å²) < 4.78 is 1.69. The molecule has 0 spiro atoms. The molecule has 3 rings (SSSR count). The van der Waals surface area contributed by atoms with Gasteiger partial charge in [0.25, 0.3) is 5.56 Å². The highest BCUT2D eigenvalue weighted by Gasteiger charge is 2.27. The monoisotopic (exact) mass is 349 g/mol. The first-order valence-electron chi connectivity index (χ1n) is 7.99. The average molecular weight is 349 g/mol. The van der Waals surface area contributed by atoms with Crippen LogP contribution in [0.15, 0.2) is 11.1 Å². The predicted octanol–water partition coefficient (Wildman–Crippen LogP) is 1.06. The molecular formula is C16H23N5O2S. The Bertz CT molecular complexity index is 824. The number of nitrogens with zero attached hydrogens (tertiary/aromatic N) is 5. The standard InChI is InChI=1S/C16H23N5O2S/c1-18(2)7-8-21-10-17-14-13(15(21)22)11-5-6-20(9-12(11)24-14)16(23)19(3)4/h10H,5-9H2,1-4H3. The Morgan fingerprint density at radius 2 is 2.08 bits per heavy atom. The number of aromatic nitrogens is 2. The summed E-state index contributed by atoms with van der Waals surface area (Å²) in [7, 11) is 7.49. The van der Waals surface area contributed by atoms with Crippen LogP contribution >= 0.6 is 11.3 Å². The van der Waals surface area contributed by atoms with Crippen molar-refractivity contribution in [1.29, 1.82) is 0 Å². The van der Waals surface area contributed by atoms with Crippen molar-refractivity contribution < 1.29 is 4.79 Å². The van der Waals surface area contributed by atoms with Crippen molar-refractivity contribution in [1.82, 2.24) is 24.3 Å². The van der Waals surface area contributed by atoms with Crippen molar-refractivity contribution in [3.8, 4) is 0 Å². The molecule has 2 aromatic rings. The molecule has 7 nitrogen and oxygen atoms in total. The van der Waals surface area contributed by atoms with Crippen molar-refractivity contribution >= 4 is 27.6 Å². The largest absolute Gasteiger partial charge is 0.331 e. The minimum Gasteiger partial charge on any atom is -0.331 e. The third kappa shape index (κ3) is 3.03. The lowest BCUT2D eigenvalue weighted by molar-refractivity contribution is 0.166. The van der Waals surface area contributed by atoms with Crippen LogP contribution in [0.1, 0.15) is 10.4 Å². The molecule has 3 heterocycles. The van der Waals surface area contributed by atoms with Crippen LogP contribution in [0.25, 0.3) is 10.2 Å². The summed E-state index contributed by atoms with van der Waals surface area (Å²) in [6, 6.07) is 0.00876. The zero-order valence-corrected chi connectivity index (χ0v) is 15.4. The molecule has 8 heteroatoms. The Morgan fingerprint density at radius 1 is 1.33 bits per heavy atom. The van der Waals surface area contributed by atoms with Crippen LogP contribution in [0, 0.1) is 0 Å². The number of likely N-dealkylation sites (N-methyl/N-ethyl adjacent to an activating group) is 1. The Kier molecular flexibility index (Phi) is 4.60. The lowest BCUT2D eigenvalue weighted by atomic mass is 10.1. The lowest BCUT2D eigenvalue weighted by Gasteiger charge is -2.29. The van der Waals surface area contributed by atoms with Crippen molar-refractivity contribution in [2.24, 2.45) is 0 Å². The van der Waals surface area contributed by atoms with Crippen molar-refractivity contribution in [2.45, 2.75) is 19.5 Å². The number of carbonyl (C=O) groups excluding carboxylic acids is 1. The zero-order valence-electron chi connectivity index (χ0n) is 14.6. The zero-order chi connectivity index (χ0) is 17.4. The van der Waals surface area contributed by atoms with Gasteiger partial charge in [0, 0.05) is 38.6 Å². The minimum absolute atomic E-state index is 0.00876. The molecule has 1 aliphatic heterocycles. The highest BCUT2D eigenvalue weighted by Crippen LogP contribution is 2.32. The van der Waals surface area contributed by atoms with Gasteiger partial charge in [0.2, 0.25) is 0 Å². The van der Waals surface area contributed by atoms with Crippen LogP contribution in [0.5, 0.6) is 0 Å². The van der Waals surface area contributed by atoms with Gasteiger partial charge in [0.1, 0.15) is 4.83 Å². The second-order valence-corrected chi connectivity index (χ2v) is 7.66. The quantitative estimate of drug-likeness (QED) is 0.831. The Morgan fingerprint density at radius 3 is 2.75 bits per heavy atom. The number of amides is 2. The van der Waals surface area contributed by atoms with Crippen molar-refractivity contribution in [3.05, 3.63) is 27.1 Å². The SMILES string of the molecule is CN(C)CCn1cnc2sc3c(c2c1=O)CCN(C(=O)N(C)C)C3. The number of thiophene rings is 1. The minimum atomic E-state index is 0.00876. The van der Waals surface area contributed by atoms with Gasteiger partial charge in [-0.05, 0) is 26.1 Å². The number of fused-ring (bicyclic) bond motifs is 3. The summed E-state index contributed by atoms with van der Waals surface area (Å²) in [5, 5.41) is 0.744. The first kappa shape index (κ1) is 16.9. The van der Waals surface area contributed by atoms with Gasteiger partial charge >= 0.3 is 6.03 Å². The number of rotatable bonds is 3. The molecule has 0 saturated carbocycles. The van der Waals surface area contributed by atoms with Crippen LogP contribution < -0.4 is 5.56 Å². The maximum Gasteiger partial charge on any atom is 0.319 e. The molecule has 1 aliphatic rings. The second-order valence-electron chi connectivity index (χ2n) is 6.58. The van der Waals surface area contributed by atoms with E-state index in [1.807, 2.05) is 23.9 Å². The average Bonchev–Trinajstić information content (AvgIpc) is 2.91. The summed E-state index contributed by atoms with van der Waals surface area (Å²) in [6.45, 7) is 2.63. The summed E-state index contributed by atoms with van der Waals surface area (Å²) >= 11 is 1.53. The van der Waals surface area contributed by atoms with Gasteiger partial charge in [-0.15, -0.1) is 11.3 Å². The molecule has 2 aromatic heterocycles. The lowest BCUT2D eigenvalue weighted by Crippen LogP contribution is -2.41. The first-order valence-corrected chi connectivity index (χ1v) is 8.80. The van der Waals surface area contributed by atoms with Crippen LogP contribution in [0.4, 0.5) is 4.79 Å². The van der Waals surface area contributed by atoms with Crippen LogP contribution in [-0.2, 0) is 19.5 Å². The number of hydrogen-bond acceptors (Lipinski definition) is 5. The third-order valence-corrected chi connectivity index (χ3v) is 5.39. The summed E-state index contributed by atoms with van der Waals surface area (Å²) in [5.41, 5.74) is 1.11. The van der Waals surface area contributed by atoms with E-state index in [1.54, 1.807) is 29.9 Å². The van der Waals surface area contributed by atoms with Gasteiger partial charge in [0.05, 0.1) is 18.3 Å². The fourth-order valence-corrected chi connectivity index (χ4v) is 4.13. The molecule has 0 radical (unpaired) electrons. The van der Waals surface area contributed by atoms with E-state index in [9.17, 15) is 9.59 Å². The highest BCUT2D eigenvalue weighted by molar-refractivity contribution is 7.18. The fraction of sp³-hybridized carbons (Fsp3) is 0.562. The van der Waals surface area contributed by atoms with E-state index < -0.39 is 0 Å². The van der Waals surface area contributed by atoms with E-state index >= 15 is 0 Å². The molecule has 0 atom stereocenters. The molecule has 2 amide bonds. The van der Waals surface area contributed by atoms with E-state index in [0.717, 1.165) is 27.2 Å². The predicted molar refractivity (Wildman–Crippen MR) is 95.6 cm³/mol. The van der Waals surface area contributed by atoms with Crippen LogP contribution in [0.2, 0.25) is 0 Å². The Hall–Kier alpha value is -1.93. The molecule has 24 heavy (non-hydrogen) atoms. The molecule has 0 N–H and O–H groups in total. The normalized spacial score (nSPS) is 14.3. The molecule has 0 bridgehead atoms. The Labute approximate surface area is 145 Å². The van der Waals surface area contributed by atoms with Gasteiger partial charge in [0.15, 0.2) is 0 Å². The molecule has 0 fully saturated rings. The summed E-state index contributed by atoms with van der Waals surface area (Å²) in [5.74, 6) is 0. The van der Waals surface area contributed by atoms with E-state index in [2.05, 4.69) is 4.98 Å². The third-order valence-electron chi connectivity index (χ3n) is 4.27. The van der Waals surface area contributed by atoms with Gasteiger partial charge in [-0.1, -0.05) is 0 Å². The van der Waals surface area contributed by atoms with E-state index in [4.69, 9.17) is 0 Å². The molecule has 0 unspecified atom stereocenters. The van der Waals surface area contributed by atoms with Crippen molar-refractivity contribution in [3.63, 3.8) is 0 Å². The second kappa shape index (κ2) is 6.52. The van der Waals surface area contributed by atoms with Gasteiger partial charge in [-0.2, -0.15) is 0 Å². The van der Waals surface area contributed by atoms with Crippen LogP contribution in [-0.4, -0.2) is 71.6 Å². The molecule has 0 aliphatic carbocycles. The fourth-order valence-electron chi connectivity index (χ4n) is 2.93. The van der Waals surface area contributed by atoms with E-state index in [1.165, 1.54) is 11.3 Å².